The average Bonchev–Trinajstić information content (AvgIpc) is 2.95. The van der Waals surface area contributed by atoms with Gasteiger partial charge in [-0.1, -0.05) is 6.07 Å². The quantitative estimate of drug-likeness (QED) is 0.144. The number of nitrogens with two attached hydrogens (primary N) is 4. The van der Waals surface area contributed by atoms with Gasteiger partial charge in [-0.15, -0.1) is 13.2 Å². The molecule has 2 saturated heterocycles. The second-order valence-electron chi connectivity index (χ2n) is 11.5. The Morgan fingerprint density at radius 2 is 1.35 bits per heavy atom. The van der Waals surface area contributed by atoms with Crippen LogP contribution in [0.25, 0.3) is 0 Å². The molecule has 10 N–H and O–H groups in total. The summed E-state index contributed by atoms with van der Waals surface area (Å²) in [6.45, 7) is 2.08. The molecule has 246 valence electrons. The number of halogens is 3. The third-order valence-electron chi connectivity index (χ3n) is 7.34. The van der Waals surface area contributed by atoms with E-state index in [0.717, 1.165) is 12.1 Å². The van der Waals surface area contributed by atoms with Crippen LogP contribution in [-0.4, -0.2) is 83.4 Å². The molecule has 2 aromatic carbocycles. The Morgan fingerprint density at radius 3 is 1.87 bits per heavy atom. The molecule has 2 aliphatic heterocycles. The molecule has 0 saturated carbocycles. The monoisotopic (exact) mass is 643 g/mol. The molecule has 46 heavy (non-hydrogen) atoms. The maximum atomic E-state index is 12.8. The van der Waals surface area contributed by atoms with E-state index in [-0.39, 0.29) is 41.4 Å². The topological polar surface area (TPSA) is 217 Å². The Bertz CT molecular complexity index is 1480. The first kappa shape index (κ1) is 32.8. The summed E-state index contributed by atoms with van der Waals surface area (Å²) in [7, 11) is 0. The van der Waals surface area contributed by atoms with E-state index in [2.05, 4.69) is 25.3 Å². The van der Waals surface area contributed by atoms with Crippen LogP contribution in [-0.2, 0) is 4.79 Å². The number of hydrogen-bond donors (Lipinski definition) is 6. The van der Waals surface area contributed by atoms with E-state index in [9.17, 15) is 22.8 Å². The summed E-state index contributed by atoms with van der Waals surface area (Å²) >= 11 is 0. The van der Waals surface area contributed by atoms with Gasteiger partial charge in [0.05, 0.1) is 6.42 Å². The standard InChI is InChI=1S/C29H36F3N11O3/c30-29(31,32)46-23-3-1-2-22(10-23)37-25(45)11-24(44)16-4-6-21(7-5-16)38-26-39-27(42-12-17(33)8-18(34)13-42)41-28(40-26)43-14-19(35)9-20(36)15-43/h1-7,10,17-20H,8-9,11-15,33-36H2,(H,37,45)(H,38,39,40,41)/t17-,18+,19-,20+. The minimum atomic E-state index is -4.88. The second-order valence-corrected chi connectivity index (χ2v) is 11.5. The van der Waals surface area contributed by atoms with Crippen molar-refractivity contribution in [2.75, 3.05) is 46.6 Å². The van der Waals surface area contributed by atoms with Crippen LogP contribution in [0.15, 0.2) is 48.5 Å². The summed E-state index contributed by atoms with van der Waals surface area (Å²) in [5.41, 5.74) is 25.7. The lowest BCUT2D eigenvalue weighted by Gasteiger charge is -2.37. The largest absolute Gasteiger partial charge is 0.573 e. The third-order valence-corrected chi connectivity index (χ3v) is 7.34. The lowest BCUT2D eigenvalue weighted by atomic mass is 10.0. The van der Waals surface area contributed by atoms with Crippen molar-refractivity contribution in [3.63, 3.8) is 0 Å². The Hall–Kier alpha value is -4.58. The Balaban J connectivity index is 1.27. The molecule has 3 heterocycles. The zero-order valence-corrected chi connectivity index (χ0v) is 24.8. The number of rotatable bonds is 9. The Kier molecular flexibility index (Phi) is 9.85. The fourth-order valence-corrected chi connectivity index (χ4v) is 5.47. The van der Waals surface area contributed by atoms with Gasteiger partial charge in [-0.2, -0.15) is 15.0 Å². The van der Waals surface area contributed by atoms with E-state index < -0.39 is 30.2 Å². The lowest BCUT2D eigenvalue weighted by Crippen LogP contribution is -2.54. The van der Waals surface area contributed by atoms with Crippen molar-refractivity contribution in [2.24, 2.45) is 22.9 Å². The molecular formula is C29H36F3N11O3. The van der Waals surface area contributed by atoms with Crippen LogP contribution in [0, 0.1) is 0 Å². The fourth-order valence-electron chi connectivity index (χ4n) is 5.47. The first-order valence-corrected chi connectivity index (χ1v) is 14.6. The van der Waals surface area contributed by atoms with E-state index >= 15 is 0 Å². The number of nitrogens with zero attached hydrogens (tertiary/aromatic N) is 5. The number of ether oxygens (including phenoxy) is 1. The van der Waals surface area contributed by atoms with Gasteiger partial charge in [0.25, 0.3) is 0 Å². The Labute approximate surface area is 262 Å². The van der Waals surface area contributed by atoms with Gasteiger partial charge in [-0.25, -0.2) is 0 Å². The number of Topliss-reactive ketones (excluding diaryl/α,β-unsaturated/α-hetero) is 1. The summed E-state index contributed by atoms with van der Waals surface area (Å²) < 4.78 is 41.4. The van der Waals surface area contributed by atoms with Crippen molar-refractivity contribution in [1.82, 2.24) is 15.0 Å². The lowest BCUT2D eigenvalue weighted by molar-refractivity contribution is -0.274. The van der Waals surface area contributed by atoms with Crippen LogP contribution < -0.4 is 48.1 Å². The van der Waals surface area contributed by atoms with Crippen molar-refractivity contribution in [1.29, 1.82) is 0 Å². The summed E-state index contributed by atoms with van der Waals surface area (Å²) in [6.07, 6.45) is -4.03. The van der Waals surface area contributed by atoms with Gasteiger partial charge in [-0.05, 0) is 49.2 Å². The van der Waals surface area contributed by atoms with Gasteiger partial charge in [0.2, 0.25) is 23.8 Å². The van der Waals surface area contributed by atoms with Gasteiger partial charge in [0, 0.05) is 73.4 Å². The van der Waals surface area contributed by atoms with E-state index in [0.29, 0.717) is 56.6 Å². The number of carbonyl (C=O) groups excluding carboxylic acids is 2. The SMILES string of the molecule is N[C@@H]1C[C@H](N)CN(c2nc(Nc3ccc(C(=O)CC(=O)Nc4cccc(OC(F)(F)F)c4)cc3)nc(N3C[C@H](N)C[C@H](N)C3)n2)C1. The highest BCUT2D eigenvalue weighted by molar-refractivity contribution is 6.11. The van der Waals surface area contributed by atoms with Crippen LogP contribution in [0.5, 0.6) is 5.75 Å². The van der Waals surface area contributed by atoms with E-state index in [1.165, 1.54) is 24.3 Å². The maximum Gasteiger partial charge on any atom is 0.573 e. The minimum Gasteiger partial charge on any atom is -0.406 e. The van der Waals surface area contributed by atoms with Crippen LogP contribution >= 0.6 is 0 Å². The molecule has 0 aliphatic carbocycles. The number of alkyl halides is 3. The zero-order valence-electron chi connectivity index (χ0n) is 24.8. The van der Waals surface area contributed by atoms with Crippen molar-refractivity contribution >= 4 is 40.9 Å². The van der Waals surface area contributed by atoms with Crippen molar-refractivity contribution in [2.45, 2.75) is 49.8 Å². The van der Waals surface area contributed by atoms with Crippen molar-refractivity contribution in [3.8, 4) is 5.75 Å². The van der Waals surface area contributed by atoms with Gasteiger partial charge >= 0.3 is 6.36 Å². The molecule has 4 atom stereocenters. The number of anilines is 5. The van der Waals surface area contributed by atoms with Gasteiger partial charge < -0.3 is 48.1 Å². The van der Waals surface area contributed by atoms with E-state index in [4.69, 9.17) is 27.9 Å². The summed E-state index contributed by atoms with van der Waals surface area (Å²) in [5.74, 6) is -0.639. The summed E-state index contributed by atoms with van der Waals surface area (Å²) in [6, 6.07) is 10.5. The van der Waals surface area contributed by atoms with Crippen LogP contribution in [0.1, 0.15) is 29.6 Å². The molecular weight excluding hydrogens is 607 g/mol. The molecule has 2 aliphatic rings. The highest BCUT2D eigenvalue weighted by Crippen LogP contribution is 2.26. The highest BCUT2D eigenvalue weighted by atomic mass is 19.4. The molecule has 0 spiro atoms. The van der Waals surface area contributed by atoms with Crippen molar-refractivity contribution in [3.05, 3.63) is 54.1 Å². The predicted molar refractivity (Wildman–Crippen MR) is 166 cm³/mol. The molecule has 0 bridgehead atoms. The first-order chi connectivity index (χ1) is 21.8. The molecule has 14 nitrogen and oxygen atoms in total. The van der Waals surface area contributed by atoms with E-state index in [1.54, 1.807) is 12.1 Å². The molecule has 1 aromatic heterocycles. The number of piperidine rings is 2. The van der Waals surface area contributed by atoms with Crippen molar-refractivity contribution < 1.29 is 27.5 Å². The summed E-state index contributed by atoms with van der Waals surface area (Å²) in [5, 5.41) is 5.55. The maximum absolute atomic E-state index is 12.8. The molecule has 0 unspecified atom stereocenters. The minimum absolute atomic E-state index is 0.0530. The molecule has 1 amide bonds. The number of hydrogen-bond acceptors (Lipinski definition) is 13. The third kappa shape index (κ3) is 9.00. The molecule has 5 rings (SSSR count). The van der Waals surface area contributed by atoms with Crippen LogP contribution in [0.3, 0.4) is 0 Å². The van der Waals surface area contributed by atoms with Gasteiger partial charge in [0.15, 0.2) is 5.78 Å². The first-order valence-electron chi connectivity index (χ1n) is 14.6. The molecule has 2 fully saturated rings. The number of amides is 1. The van der Waals surface area contributed by atoms with Gasteiger partial charge in [0.1, 0.15) is 5.75 Å². The molecule has 17 heteroatoms. The average molecular weight is 644 g/mol. The predicted octanol–water partition coefficient (Wildman–Crippen LogP) is 1.45. The number of benzene rings is 2. The fraction of sp³-hybridized carbons (Fsp3) is 0.414. The summed E-state index contributed by atoms with van der Waals surface area (Å²) in [4.78, 5) is 43.0. The molecule has 3 aromatic rings. The highest BCUT2D eigenvalue weighted by Gasteiger charge is 2.31. The number of carbonyl (C=O) groups is 2. The van der Waals surface area contributed by atoms with Gasteiger partial charge in [-0.3, -0.25) is 9.59 Å². The Morgan fingerprint density at radius 1 is 0.804 bits per heavy atom. The number of nitrogens with one attached hydrogen (secondary N) is 2. The zero-order chi connectivity index (χ0) is 33.0. The van der Waals surface area contributed by atoms with Crippen LogP contribution in [0.4, 0.5) is 42.4 Å². The van der Waals surface area contributed by atoms with E-state index in [1.807, 2.05) is 9.80 Å². The molecule has 0 radical (unpaired) electrons. The smallest absolute Gasteiger partial charge is 0.406 e. The van der Waals surface area contributed by atoms with Crippen LogP contribution in [0.2, 0.25) is 0 Å². The number of ketones is 1. The normalized spacial score (nSPS) is 21.9. The second kappa shape index (κ2) is 13.8. The number of aromatic nitrogens is 3.